The molecule has 10 nitrogen and oxygen atoms in total. The van der Waals surface area contributed by atoms with Gasteiger partial charge in [-0.2, -0.15) is 0 Å². The predicted molar refractivity (Wildman–Crippen MR) is 159 cm³/mol. The fraction of sp³-hybridized carbons (Fsp3) is 0.818. The number of aliphatic hydroxyl groups is 2. The van der Waals surface area contributed by atoms with Crippen molar-refractivity contribution in [3.05, 3.63) is 11.3 Å². The van der Waals surface area contributed by atoms with Crippen LogP contribution in [-0.4, -0.2) is 66.1 Å². The van der Waals surface area contributed by atoms with Crippen LogP contribution in [0.5, 0.6) is 0 Å². The van der Waals surface area contributed by atoms with Crippen molar-refractivity contribution in [3.8, 4) is 0 Å². The number of fused-ring (bicyclic) bond motifs is 2. The monoisotopic (exact) mass is 610 g/mol. The molecule has 43 heavy (non-hydrogen) atoms. The maximum Gasteiger partial charge on any atom is 0.337 e. The SMILES string of the molecule is CCCC[C@@H]1C[C@@H]2C(C(=O)OCC(C)C)=C(O)[C@H](C(=O)OCC(C)C)[C@@](O)([C@@H]1C(=O)OCC(C)C)[C@H]2C(=O)OCC(C)C. The molecule has 2 aliphatic rings. The van der Waals surface area contributed by atoms with E-state index in [0.29, 0.717) is 12.8 Å². The zero-order valence-electron chi connectivity index (χ0n) is 27.5. The van der Waals surface area contributed by atoms with Crippen LogP contribution < -0.4 is 0 Å². The Hall–Kier alpha value is -2.62. The summed E-state index contributed by atoms with van der Waals surface area (Å²) in [5, 5.41) is 24.5. The van der Waals surface area contributed by atoms with Gasteiger partial charge in [0.2, 0.25) is 0 Å². The lowest BCUT2D eigenvalue weighted by atomic mass is 9.49. The molecule has 2 rings (SSSR count). The molecule has 6 atom stereocenters. The summed E-state index contributed by atoms with van der Waals surface area (Å²) in [6, 6.07) is 0. The molecule has 0 aromatic rings. The number of ether oxygens (including phenoxy) is 4. The highest BCUT2D eigenvalue weighted by molar-refractivity contribution is 5.95. The normalized spacial score (nSPS) is 27.1. The Bertz CT molecular complexity index is 1010. The zero-order chi connectivity index (χ0) is 32.6. The smallest absolute Gasteiger partial charge is 0.337 e. The van der Waals surface area contributed by atoms with Gasteiger partial charge in [-0.05, 0) is 42.4 Å². The van der Waals surface area contributed by atoms with Crippen LogP contribution in [0.2, 0.25) is 0 Å². The highest BCUT2D eigenvalue weighted by atomic mass is 16.6. The third-order valence-corrected chi connectivity index (χ3v) is 7.93. The van der Waals surface area contributed by atoms with Gasteiger partial charge in [0.15, 0.2) is 0 Å². The van der Waals surface area contributed by atoms with E-state index >= 15 is 0 Å². The number of hydrogen-bond donors (Lipinski definition) is 2. The molecule has 2 N–H and O–H groups in total. The number of unbranched alkanes of at least 4 members (excludes halogenated alkanes) is 1. The van der Waals surface area contributed by atoms with Gasteiger partial charge in [-0.15, -0.1) is 0 Å². The number of hydrogen-bond acceptors (Lipinski definition) is 10. The summed E-state index contributed by atoms with van der Waals surface area (Å²) >= 11 is 0. The first-order chi connectivity index (χ1) is 20.1. The van der Waals surface area contributed by atoms with Crippen molar-refractivity contribution in [3.63, 3.8) is 0 Å². The van der Waals surface area contributed by atoms with Crippen molar-refractivity contribution < 1.29 is 48.3 Å². The van der Waals surface area contributed by atoms with Gasteiger partial charge in [0.05, 0.1) is 43.8 Å². The molecule has 0 aromatic heterocycles. The van der Waals surface area contributed by atoms with Crippen molar-refractivity contribution in [2.24, 2.45) is 53.3 Å². The van der Waals surface area contributed by atoms with E-state index in [-0.39, 0.29) is 62.1 Å². The molecule has 0 spiro atoms. The minimum atomic E-state index is -2.48. The highest BCUT2D eigenvalue weighted by Crippen LogP contribution is 2.58. The Labute approximate surface area is 256 Å². The van der Waals surface area contributed by atoms with Crippen molar-refractivity contribution in [1.82, 2.24) is 0 Å². The zero-order valence-corrected chi connectivity index (χ0v) is 27.5. The maximum absolute atomic E-state index is 13.9. The van der Waals surface area contributed by atoms with Crippen LogP contribution in [0.3, 0.4) is 0 Å². The minimum Gasteiger partial charge on any atom is -0.511 e. The standard InChI is InChI=1S/C33H54O10/c1-10-11-12-22-13-23-24(29(35)40-14-18(2)3)28(34)27(32(38)43-17-21(8)9)33(39,25(22)30(36)41-15-19(4)5)26(23)31(37)42-16-20(6)7/h18-23,25-27,34,39H,10-17H2,1-9H3/t22-,23-,25+,26-,27-,33-/m1/s1. The second kappa shape index (κ2) is 15.9. The van der Waals surface area contributed by atoms with Crippen molar-refractivity contribution in [1.29, 1.82) is 0 Å². The fourth-order valence-electron chi connectivity index (χ4n) is 6.07. The molecule has 0 unspecified atom stereocenters. The van der Waals surface area contributed by atoms with E-state index in [1.54, 1.807) is 0 Å². The summed E-state index contributed by atoms with van der Waals surface area (Å²) in [7, 11) is 0. The Kier molecular flexibility index (Phi) is 13.5. The Balaban J connectivity index is 2.87. The van der Waals surface area contributed by atoms with E-state index in [0.717, 1.165) is 6.42 Å². The number of esters is 4. The first kappa shape index (κ1) is 36.6. The lowest BCUT2D eigenvalue weighted by Gasteiger charge is -2.55. The van der Waals surface area contributed by atoms with E-state index in [4.69, 9.17) is 18.9 Å². The molecule has 0 amide bonds. The minimum absolute atomic E-state index is 0.00961. The lowest BCUT2D eigenvalue weighted by Crippen LogP contribution is -2.68. The molecule has 1 saturated carbocycles. The third-order valence-electron chi connectivity index (χ3n) is 7.93. The van der Waals surface area contributed by atoms with Crippen LogP contribution in [0.15, 0.2) is 11.3 Å². The second-order valence-corrected chi connectivity index (χ2v) is 13.9. The summed E-state index contributed by atoms with van der Waals surface area (Å²) in [6.45, 7) is 16.9. The van der Waals surface area contributed by atoms with E-state index in [9.17, 15) is 29.4 Å². The van der Waals surface area contributed by atoms with Crippen molar-refractivity contribution >= 4 is 23.9 Å². The summed E-state index contributed by atoms with van der Waals surface area (Å²) in [4.78, 5) is 55.2. The number of rotatable bonds is 15. The van der Waals surface area contributed by atoms with E-state index < -0.39 is 64.8 Å². The van der Waals surface area contributed by atoms with Gasteiger partial charge in [0.1, 0.15) is 17.3 Å². The summed E-state index contributed by atoms with van der Waals surface area (Å²) < 4.78 is 22.3. The maximum atomic E-state index is 13.9. The molecule has 0 radical (unpaired) electrons. The number of aliphatic hydroxyl groups excluding tert-OH is 1. The summed E-state index contributed by atoms with van der Waals surface area (Å²) in [5.74, 6) is -10.9. The average molecular weight is 611 g/mol. The van der Waals surface area contributed by atoms with Crippen LogP contribution in [-0.2, 0) is 38.1 Å². The van der Waals surface area contributed by atoms with Gasteiger partial charge in [-0.1, -0.05) is 75.2 Å². The van der Waals surface area contributed by atoms with Crippen LogP contribution in [0, 0.1) is 53.3 Å². The van der Waals surface area contributed by atoms with E-state index in [1.807, 2.05) is 62.3 Å². The van der Waals surface area contributed by atoms with Crippen LogP contribution in [0.25, 0.3) is 0 Å². The van der Waals surface area contributed by atoms with Crippen LogP contribution >= 0.6 is 0 Å². The van der Waals surface area contributed by atoms with Gasteiger partial charge in [0, 0.05) is 5.92 Å². The van der Waals surface area contributed by atoms with E-state index in [1.165, 1.54) is 0 Å². The second-order valence-electron chi connectivity index (χ2n) is 13.9. The lowest BCUT2D eigenvalue weighted by molar-refractivity contribution is -0.217. The predicted octanol–water partition coefficient (Wildman–Crippen LogP) is 5.01. The molecule has 0 heterocycles. The molecule has 2 aliphatic carbocycles. The summed E-state index contributed by atoms with van der Waals surface area (Å²) in [5.41, 5.74) is -2.73. The Morgan fingerprint density at radius 1 is 0.744 bits per heavy atom. The number of carbonyl (C=O) groups excluding carboxylic acids is 4. The van der Waals surface area contributed by atoms with Crippen molar-refractivity contribution in [2.45, 2.75) is 93.6 Å². The molecule has 0 aliphatic heterocycles. The first-order valence-corrected chi connectivity index (χ1v) is 15.9. The molecular weight excluding hydrogens is 556 g/mol. The summed E-state index contributed by atoms with van der Waals surface area (Å²) in [6.07, 6.45) is 2.05. The van der Waals surface area contributed by atoms with Crippen LogP contribution in [0.4, 0.5) is 0 Å². The van der Waals surface area contributed by atoms with Crippen LogP contribution in [0.1, 0.15) is 88.0 Å². The first-order valence-electron chi connectivity index (χ1n) is 15.9. The van der Waals surface area contributed by atoms with Gasteiger partial charge in [0.25, 0.3) is 0 Å². The van der Waals surface area contributed by atoms with Gasteiger partial charge >= 0.3 is 23.9 Å². The third kappa shape index (κ3) is 8.73. The van der Waals surface area contributed by atoms with Gasteiger partial charge < -0.3 is 29.2 Å². The number of carbonyl (C=O) groups is 4. The Morgan fingerprint density at radius 2 is 1.19 bits per heavy atom. The average Bonchev–Trinajstić information content (AvgIpc) is 2.90. The molecular formula is C33H54O10. The van der Waals surface area contributed by atoms with Gasteiger partial charge in [-0.3, -0.25) is 14.4 Å². The molecule has 2 bridgehead atoms. The Morgan fingerprint density at radius 3 is 1.65 bits per heavy atom. The highest BCUT2D eigenvalue weighted by Gasteiger charge is 2.71. The van der Waals surface area contributed by atoms with Gasteiger partial charge in [-0.25, -0.2) is 4.79 Å². The quantitative estimate of drug-likeness (QED) is 0.192. The molecule has 0 saturated heterocycles. The fourth-order valence-corrected chi connectivity index (χ4v) is 6.07. The molecule has 10 heteroatoms. The molecule has 0 aromatic carbocycles. The van der Waals surface area contributed by atoms with E-state index in [2.05, 4.69) is 0 Å². The molecule has 246 valence electrons. The van der Waals surface area contributed by atoms with Crippen molar-refractivity contribution in [2.75, 3.05) is 26.4 Å². The topological polar surface area (TPSA) is 146 Å². The molecule has 1 fully saturated rings. The largest absolute Gasteiger partial charge is 0.511 e.